The van der Waals surface area contributed by atoms with Crippen LogP contribution in [0, 0.1) is 5.82 Å². The molecule has 7 rings (SSSR count). The molecular formula is C34H24FN5O4S. The standard InChI is InChI=1S/C34H24FN5O4S/c35-22-6-10-25(11-7-22)40-15-2-5-27(34(40)42)31(41)39-24-8-12-26(13-9-24)43-32-29-28(20-3-1-4-23(36)17-20)30(21-14-16-45-18-21)44-33(29)38-19-37-32/h1-2,4-20H,3,36H2,(H,39,41). The van der Waals surface area contributed by atoms with Crippen molar-refractivity contribution in [2.45, 2.75) is 12.3 Å². The second-order valence-corrected chi connectivity index (χ2v) is 11.1. The molecule has 45 heavy (non-hydrogen) atoms. The normalized spacial score (nSPS) is 14.3. The first-order valence-corrected chi connectivity index (χ1v) is 14.9. The number of allylic oxidation sites excluding steroid dienone is 3. The van der Waals surface area contributed by atoms with Gasteiger partial charge in [-0.3, -0.25) is 14.2 Å². The summed E-state index contributed by atoms with van der Waals surface area (Å²) in [5, 5.41) is 7.41. The van der Waals surface area contributed by atoms with Gasteiger partial charge < -0.3 is 20.2 Å². The molecule has 1 unspecified atom stereocenters. The Hall–Kier alpha value is -5.81. The number of anilines is 1. The first-order chi connectivity index (χ1) is 21.9. The van der Waals surface area contributed by atoms with Gasteiger partial charge in [-0.15, -0.1) is 0 Å². The van der Waals surface area contributed by atoms with Crippen LogP contribution in [0.3, 0.4) is 0 Å². The van der Waals surface area contributed by atoms with Gasteiger partial charge in [0.1, 0.15) is 34.6 Å². The molecule has 0 bridgehead atoms. The van der Waals surface area contributed by atoms with Crippen molar-refractivity contribution in [1.29, 1.82) is 0 Å². The van der Waals surface area contributed by atoms with Gasteiger partial charge >= 0.3 is 0 Å². The summed E-state index contributed by atoms with van der Waals surface area (Å²) in [6.45, 7) is 0. The van der Waals surface area contributed by atoms with Crippen LogP contribution in [0.25, 0.3) is 28.1 Å². The van der Waals surface area contributed by atoms with Gasteiger partial charge in [-0.05, 0) is 84.6 Å². The third-order valence-corrected chi connectivity index (χ3v) is 8.05. The summed E-state index contributed by atoms with van der Waals surface area (Å²) in [5.74, 6) is 0.412. The highest BCUT2D eigenvalue weighted by molar-refractivity contribution is 7.08. The molecule has 3 N–H and O–H groups in total. The summed E-state index contributed by atoms with van der Waals surface area (Å²) in [5.41, 5.74) is 9.36. The lowest BCUT2D eigenvalue weighted by Crippen LogP contribution is -2.27. The van der Waals surface area contributed by atoms with E-state index in [0.29, 0.717) is 45.6 Å². The van der Waals surface area contributed by atoms with E-state index < -0.39 is 17.3 Å². The third-order valence-electron chi connectivity index (χ3n) is 7.36. The van der Waals surface area contributed by atoms with Crippen molar-refractivity contribution in [2.75, 3.05) is 5.32 Å². The number of halogens is 1. The number of thiophene rings is 1. The Labute approximate surface area is 259 Å². The molecule has 1 amide bonds. The van der Waals surface area contributed by atoms with Crippen LogP contribution in [0.15, 0.2) is 123 Å². The minimum atomic E-state index is -0.583. The second-order valence-electron chi connectivity index (χ2n) is 10.3. The van der Waals surface area contributed by atoms with Crippen molar-refractivity contribution in [1.82, 2.24) is 14.5 Å². The zero-order chi connectivity index (χ0) is 30.9. The molecule has 0 aliphatic heterocycles. The molecule has 1 aliphatic rings. The molecular weight excluding hydrogens is 593 g/mol. The van der Waals surface area contributed by atoms with Gasteiger partial charge in [-0.25, -0.2) is 14.4 Å². The number of benzene rings is 2. The van der Waals surface area contributed by atoms with Crippen molar-refractivity contribution in [2.24, 2.45) is 5.73 Å². The van der Waals surface area contributed by atoms with E-state index in [-0.39, 0.29) is 11.5 Å². The smallest absolute Gasteiger partial charge is 0.267 e. The fourth-order valence-electron chi connectivity index (χ4n) is 5.26. The van der Waals surface area contributed by atoms with E-state index >= 15 is 0 Å². The molecule has 1 aliphatic carbocycles. The molecule has 4 heterocycles. The average Bonchev–Trinajstić information content (AvgIpc) is 3.72. The Morgan fingerprint density at radius 1 is 1.09 bits per heavy atom. The maximum atomic E-state index is 13.4. The number of carbonyl (C=O) groups is 1. The fraction of sp³-hybridized carbons (Fsp3) is 0.0588. The first kappa shape index (κ1) is 28.0. The Morgan fingerprint density at radius 2 is 1.91 bits per heavy atom. The molecule has 222 valence electrons. The molecule has 1 atom stereocenters. The topological polar surface area (TPSA) is 125 Å². The van der Waals surface area contributed by atoms with Crippen LogP contribution in [0.1, 0.15) is 28.3 Å². The predicted molar refractivity (Wildman–Crippen MR) is 170 cm³/mol. The van der Waals surface area contributed by atoms with Gasteiger partial charge in [0.05, 0.1) is 0 Å². The van der Waals surface area contributed by atoms with Gasteiger partial charge in [-0.1, -0.05) is 12.2 Å². The minimum Gasteiger partial charge on any atom is -0.438 e. The Morgan fingerprint density at radius 3 is 2.67 bits per heavy atom. The number of fused-ring (bicyclic) bond motifs is 1. The molecule has 2 aromatic carbocycles. The molecule has 0 fully saturated rings. The third kappa shape index (κ3) is 5.52. The average molecular weight is 618 g/mol. The van der Waals surface area contributed by atoms with Crippen LogP contribution in [-0.4, -0.2) is 20.4 Å². The number of nitrogens with two attached hydrogens (primary N) is 1. The molecule has 0 radical (unpaired) electrons. The van der Waals surface area contributed by atoms with Gasteiger partial charge in [0.2, 0.25) is 11.6 Å². The lowest BCUT2D eigenvalue weighted by molar-refractivity contribution is 0.102. The molecule has 6 aromatic rings. The maximum Gasteiger partial charge on any atom is 0.267 e. The van der Waals surface area contributed by atoms with Crippen molar-refractivity contribution in [3.8, 4) is 28.6 Å². The van der Waals surface area contributed by atoms with E-state index in [9.17, 15) is 14.0 Å². The first-order valence-electron chi connectivity index (χ1n) is 14.0. The van der Waals surface area contributed by atoms with Crippen LogP contribution < -0.4 is 21.3 Å². The van der Waals surface area contributed by atoms with Crippen LogP contribution in [0.2, 0.25) is 0 Å². The van der Waals surface area contributed by atoms with E-state index in [4.69, 9.17) is 14.9 Å². The quantitative estimate of drug-likeness (QED) is 0.195. The molecule has 11 heteroatoms. The molecule has 4 aromatic heterocycles. The molecule has 9 nitrogen and oxygen atoms in total. The molecule has 0 spiro atoms. The van der Waals surface area contributed by atoms with Crippen molar-refractivity contribution in [3.63, 3.8) is 0 Å². The minimum absolute atomic E-state index is 0.0633. The van der Waals surface area contributed by atoms with E-state index in [1.165, 1.54) is 47.4 Å². The number of furan rings is 1. The number of rotatable bonds is 7. The van der Waals surface area contributed by atoms with Crippen molar-refractivity contribution in [3.05, 3.63) is 141 Å². The predicted octanol–water partition coefficient (Wildman–Crippen LogP) is 7.17. The highest BCUT2D eigenvalue weighted by Gasteiger charge is 2.27. The number of carbonyl (C=O) groups excluding carboxylic acids is 1. The number of pyridine rings is 1. The second kappa shape index (κ2) is 11.7. The fourth-order valence-corrected chi connectivity index (χ4v) is 5.90. The number of nitrogens with zero attached hydrogens (tertiary/aromatic N) is 3. The summed E-state index contributed by atoms with van der Waals surface area (Å²) in [7, 11) is 0. The zero-order valence-corrected chi connectivity index (χ0v) is 24.3. The van der Waals surface area contributed by atoms with Crippen LogP contribution in [0.5, 0.6) is 11.6 Å². The van der Waals surface area contributed by atoms with Crippen LogP contribution in [-0.2, 0) is 0 Å². The van der Waals surface area contributed by atoms with E-state index in [2.05, 4.69) is 15.3 Å². The van der Waals surface area contributed by atoms with Crippen LogP contribution >= 0.6 is 11.3 Å². The van der Waals surface area contributed by atoms with E-state index in [1.54, 1.807) is 41.7 Å². The summed E-state index contributed by atoms with van der Waals surface area (Å²) >= 11 is 1.57. The van der Waals surface area contributed by atoms with Crippen molar-refractivity contribution >= 4 is 34.0 Å². The Bertz CT molecular complexity index is 2150. The summed E-state index contributed by atoms with van der Waals surface area (Å²) in [6.07, 6.45) is 9.55. The van der Waals surface area contributed by atoms with Gasteiger partial charge in [-0.2, -0.15) is 11.3 Å². The summed E-state index contributed by atoms with van der Waals surface area (Å²) in [4.78, 5) is 34.9. The van der Waals surface area contributed by atoms with E-state index in [0.717, 1.165) is 17.5 Å². The highest BCUT2D eigenvalue weighted by Crippen LogP contribution is 2.44. The number of amides is 1. The van der Waals surface area contributed by atoms with Gasteiger partial charge in [0.15, 0.2) is 0 Å². The highest BCUT2D eigenvalue weighted by atomic mass is 32.1. The summed E-state index contributed by atoms with van der Waals surface area (Å²) in [6, 6.07) is 17.2. The number of ether oxygens (including phenoxy) is 1. The lowest BCUT2D eigenvalue weighted by Gasteiger charge is -2.16. The molecule has 0 saturated carbocycles. The maximum absolute atomic E-state index is 13.4. The summed E-state index contributed by atoms with van der Waals surface area (Å²) < 4.78 is 27.1. The largest absolute Gasteiger partial charge is 0.438 e. The number of hydrogen-bond donors (Lipinski definition) is 2. The van der Waals surface area contributed by atoms with Crippen molar-refractivity contribution < 1.29 is 18.3 Å². The Kier molecular flexibility index (Phi) is 7.28. The number of nitrogens with one attached hydrogen (secondary N) is 1. The number of aromatic nitrogens is 3. The lowest BCUT2D eigenvalue weighted by atomic mass is 9.89. The monoisotopic (exact) mass is 617 g/mol. The SMILES string of the molecule is NC1=CC(c2c(-c3ccsc3)oc3ncnc(Oc4ccc(NC(=O)c5cccn(-c6ccc(F)cc6)c5=O)cc4)c23)CC=C1. The van der Waals surface area contributed by atoms with Gasteiger partial charge in [0, 0.05) is 45.7 Å². The van der Waals surface area contributed by atoms with Gasteiger partial charge in [0.25, 0.3) is 11.5 Å². The van der Waals surface area contributed by atoms with Crippen LogP contribution in [0.4, 0.5) is 10.1 Å². The Balaban J connectivity index is 1.16. The molecule has 0 saturated heterocycles. The zero-order valence-electron chi connectivity index (χ0n) is 23.5. The van der Waals surface area contributed by atoms with E-state index in [1.807, 2.05) is 35.1 Å². The number of hydrogen-bond acceptors (Lipinski definition) is 8.